The van der Waals surface area contributed by atoms with Crippen LogP contribution in [0.1, 0.15) is 0 Å². The minimum Gasteiger partial charge on any atom is -0.280 e. The molecule has 0 aromatic rings. The van der Waals surface area contributed by atoms with Gasteiger partial charge >= 0.3 is 6.18 Å². The topological polar surface area (TPSA) is 15.6 Å². The molecule has 2 nitrogen and oxygen atoms in total. The largest absolute Gasteiger partial charge is 0.409 e. The standard InChI is InChI=1S/C5H7F3N2/c1-10-3-9-2-4(10)5(6,7)8/h2,4H,3H2,1H3. The van der Waals surface area contributed by atoms with Gasteiger partial charge in [-0.05, 0) is 7.05 Å². The minimum atomic E-state index is -4.17. The van der Waals surface area contributed by atoms with Crippen molar-refractivity contribution in [2.24, 2.45) is 4.99 Å². The number of hydrogen-bond donors (Lipinski definition) is 0. The van der Waals surface area contributed by atoms with Gasteiger partial charge in [0.15, 0.2) is 0 Å². The Morgan fingerprint density at radius 2 is 2.20 bits per heavy atom. The van der Waals surface area contributed by atoms with E-state index in [1.54, 1.807) is 0 Å². The van der Waals surface area contributed by atoms with Crippen LogP contribution in [0.15, 0.2) is 4.99 Å². The molecule has 0 N–H and O–H groups in total. The molecule has 0 spiro atoms. The lowest BCUT2D eigenvalue weighted by molar-refractivity contribution is -0.156. The minimum absolute atomic E-state index is 0.143. The van der Waals surface area contributed by atoms with Crippen LogP contribution in [0.25, 0.3) is 0 Å². The first kappa shape index (κ1) is 7.53. The van der Waals surface area contributed by atoms with Crippen LogP contribution in [0.2, 0.25) is 0 Å². The zero-order chi connectivity index (χ0) is 7.78. The van der Waals surface area contributed by atoms with Gasteiger partial charge in [0.2, 0.25) is 0 Å². The number of aliphatic imine (C=N–C) groups is 1. The lowest BCUT2D eigenvalue weighted by Crippen LogP contribution is -2.40. The van der Waals surface area contributed by atoms with Crippen molar-refractivity contribution in [3.05, 3.63) is 0 Å². The zero-order valence-electron chi connectivity index (χ0n) is 5.39. The summed E-state index contributed by atoms with van der Waals surface area (Å²) in [5.74, 6) is 0. The molecule has 1 aliphatic rings. The monoisotopic (exact) mass is 152 g/mol. The molecule has 1 unspecified atom stereocenters. The van der Waals surface area contributed by atoms with Gasteiger partial charge in [-0.1, -0.05) is 0 Å². The highest BCUT2D eigenvalue weighted by Crippen LogP contribution is 2.24. The Morgan fingerprint density at radius 1 is 1.60 bits per heavy atom. The van der Waals surface area contributed by atoms with Crippen molar-refractivity contribution in [2.75, 3.05) is 13.7 Å². The maximum atomic E-state index is 11.9. The van der Waals surface area contributed by atoms with E-state index in [9.17, 15) is 13.2 Å². The van der Waals surface area contributed by atoms with E-state index in [1.165, 1.54) is 7.05 Å². The van der Waals surface area contributed by atoms with Crippen molar-refractivity contribution >= 4 is 6.21 Å². The lowest BCUT2D eigenvalue weighted by atomic mass is 10.3. The average Bonchev–Trinajstić information content (AvgIpc) is 2.11. The Balaban J connectivity index is 2.64. The molecule has 1 aliphatic heterocycles. The molecular weight excluding hydrogens is 145 g/mol. The second-order valence-electron chi connectivity index (χ2n) is 2.22. The SMILES string of the molecule is CN1CN=CC1C(F)(F)F. The van der Waals surface area contributed by atoms with Crippen LogP contribution in [-0.4, -0.2) is 37.0 Å². The molecule has 0 fully saturated rings. The number of halogens is 3. The number of nitrogens with zero attached hydrogens (tertiary/aromatic N) is 2. The number of hydrogen-bond acceptors (Lipinski definition) is 2. The van der Waals surface area contributed by atoms with Gasteiger partial charge in [0.05, 0.1) is 6.67 Å². The quantitative estimate of drug-likeness (QED) is 0.503. The fraction of sp³-hybridized carbons (Fsp3) is 0.800. The molecule has 0 amide bonds. The van der Waals surface area contributed by atoms with Crippen molar-refractivity contribution < 1.29 is 13.2 Å². The van der Waals surface area contributed by atoms with Crippen LogP contribution in [0.5, 0.6) is 0 Å². The summed E-state index contributed by atoms with van der Waals surface area (Å²) < 4.78 is 35.6. The summed E-state index contributed by atoms with van der Waals surface area (Å²) in [6.07, 6.45) is -3.24. The van der Waals surface area contributed by atoms with Crippen LogP contribution in [0.4, 0.5) is 13.2 Å². The van der Waals surface area contributed by atoms with Crippen LogP contribution in [-0.2, 0) is 0 Å². The predicted octanol–water partition coefficient (Wildman–Crippen LogP) is 0.891. The normalized spacial score (nSPS) is 27.8. The van der Waals surface area contributed by atoms with Gasteiger partial charge in [0.1, 0.15) is 6.04 Å². The Kier molecular flexibility index (Phi) is 1.68. The molecule has 0 saturated heterocycles. The second-order valence-corrected chi connectivity index (χ2v) is 2.22. The summed E-state index contributed by atoms with van der Waals surface area (Å²) in [5.41, 5.74) is 0. The predicted molar refractivity (Wildman–Crippen MR) is 31.0 cm³/mol. The Bertz CT molecular complexity index is 151. The molecule has 0 aromatic carbocycles. The number of rotatable bonds is 0. The molecule has 0 aliphatic carbocycles. The van der Waals surface area contributed by atoms with Crippen molar-refractivity contribution in [3.63, 3.8) is 0 Å². The molecule has 1 atom stereocenters. The van der Waals surface area contributed by atoms with Gasteiger partial charge in [0, 0.05) is 6.21 Å². The van der Waals surface area contributed by atoms with Crippen LogP contribution < -0.4 is 0 Å². The third-order valence-corrected chi connectivity index (χ3v) is 1.36. The van der Waals surface area contributed by atoms with Crippen molar-refractivity contribution in [3.8, 4) is 0 Å². The van der Waals surface area contributed by atoms with Gasteiger partial charge < -0.3 is 0 Å². The Labute approximate surface area is 56.3 Å². The number of alkyl halides is 3. The first-order valence-corrected chi connectivity index (χ1v) is 2.79. The van der Waals surface area contributed by atoms with Crippen LogP contribution >= 0.6 is 0 Å². The first-order valence-electron chi connectivity index (χ1n) is 2.79. The average molecular weight is 152 g/mol. The maximum Gasteiger partial charge on any atom is 0.409 e. The van der Waals surface area contributed by atoms with Crippen molar-refractivity contribution in [1.82, 2.24) is 4.90 Å². The summed E-state index contributed by atoms with van der Waals surface area (Å²) in [4.78, 5) is 4.63. The van der Waals surface area contributed by atoms with Crippen molar-refractivity contribution in [1.29, 1.82) is 0 Å². The van der Waals surface area contributed by atoms with E-state index in [4.69, 9.17) is 0 Å². The summed E-state index contributed by atoms with van der Waals surface area (Å²) in [6.45, 7) is 0.143. The van der Waals surface area contributed by atoms with Gasteiger partial charge in [-0.2, -0.15) is 13.2 Å². The van der Waals surface area contributed by atoms with Gasteiger partial charge in [-0.25, -0.2) is 0 Å². The maximum absolute atomic E-state index is 11.9. The molecule has 0 saturated carbocycles. The highest BCUT2D eigenvalue weighted by Gasteiger charge is 2.42. The second kappa shape index (κ2) is 2.23. The summed E-state index contributed by atoms with van der Waals surface area (Å²) in [5, 5.41) is 0. The first-order chi connectivity index (χ1) is 4.52. The van der Waals surface area contributed by atoms with Crippen LogP contribution in [0.3, 0.4) is 0 Å². The lowest BCUT2D eigenvalue weighted by Gasteiger charge is -2.19. The van der Waals surface area contributed by atoms with E-state index in [0.717, 1.165) is 11.1 Å². The Hall–Kier alpha value is -0.580. The van der Waals surface area contributed by atoms with E-state index < -0.39 is 12.2 Å². The highest BCUT2D eigenvalue weighted by molar-refractivity contribution is 5.67. The Morgan fingerprint density at radius 3 is 2.40 bits per heavy atom. The van der Waals surface area contributed by atoms with E-state index in [-0.39, 0.29) is 6.67 Å². The third kappa shape index (κ3) is 1.29. The van der Waals surface area contributed by atoms with Gasteiger partial charge in [0.25, 0.3) is 0 Å². The van der Waals surface area contributed by atoms with Crippen LogP contribution in [0, 0.1) is 0 Å². The van der Waals surface area contributed by atoms with E-state index in [2.05, 4.69) is 4.99 Å². The smallest absolute Gasteiger partial charge is 0.280 e. The van der Waals surface area contributed by atoms with Gasteiger partial charge in [-0.15, -0.1) is 0 Å². The summed E-state index contributed by atoms with van der Waals surface area (Å²) in [6, 6.07) is -1.48. The molecular formula is C5H7F3N2. The highest BCUT2D eigenvalue weighted by atomic mass is 19.4. The van der Waals surface area contributed by atoms with E-state index >= 15 is 0 Å². The van der Waals surface area contributed by atoms with Crippen molar-refractivity contribution in [2.45, 2.75) is 12.2 Å². The molecule has 58 valence electrons. The fourth-order valence-electron chi connectivity index (χ4n) is 0.812. The molecule has 1 heterocycles. The summed E-state index contributed by atoms with van der Waals surface area (Å²) >= 11 is 0. The van der Waals surface area contributed by atoms with Gasteiger partial charge in [-0.3, -0.25) is 9.89 Å². The third-order valence-electron chi connectivity index (χ3n) is 1.36. The zero-order valence-corrected chi connectivity index (χ0v) is 5.39. The fourth-order valence-corrected chi connectivity index (χ4v) is 0.812. The molecule has 0 radical (unpaired) electrons. The van der Waals surface area contributed by atoms with E-state index in [0.29, 0.717) is 0 Å². The molecule has 0 aromatic heterocycles. The molecule has 5 heteroatoms. The van der Waals surface area contributed by atoms with E-state index in [1.807, 2.05) is 0 Å². The molecule has 1 rings (SSSR count). The molecule has 10 heavy (non-hydrogen) atoms. The molecule has 0 bridgehead atoms. The summed E-state index contributed by atoms with van der Waals surface area (Å²) in [7, 11) is 1.39.